The summed E-state index contributed by atoms with van der Waals surface area (Å²) in [4.78, 5) is 14.9. The van der Waals surface area contributed by atoms with Crippen LogP contribution in [0.15, 0.2) is 22.8 Å². The second-order valence-corrected chi connectivity index (χ2v) is 3.93. The van der Waals surface area contributed by atoms with E-state index < -0.39 is 0 Å². The monoisotopic (exact) mass is 264 g/mol. The van der Waals surface area contributed by atoms with Gasteiger partial charge < -0.3 is 20.5 Å². The highest BCUT2D eigenvalue weighted by Crippen LogP contribution is 2.21. The van der Waals surface area contributed by atoms with Gasteiger partial charge in [0.2, 0.25) is 5.28 Å². The van der Waals surface area contributed by atoms with Crippen molar-refractivity contribution in [1.82, 2.24) is 19.9 Å². The summed E-state index contributed by atoms with van der Waals surface area (Å²) in [6.07, 6.45) is 1.60. The summed E-state index contributed by atoms with van der Waals surface area (Å²) < 4.78 is 5.21. The first-order chi connectivity index (χ1) is 8.72. The summed E-state index contributed by atoms with van der Waals surface area (Å²) in [7, 11) is 0. The predicted octanol–water partition coefficient (Wildman–Crippen LogP) is 1.79. The zero-order valence-corrected chi connectivity index (χ0v) is 9.90. The molecule has 8 heteroatoms. The topological polar surface area (TPSA) is 106 Å². The molecule has 92 valence electrons. The Morgan fingerprint density at radius 2 is 2.28 bits per heavy atom. The molecule has 0 radical (unpaired) electrons. The van der Waals surface area contributed by atoms with Gasteiger partial charge in [0.05, 0.1) is 12.8 Å². The molecule has 4 N–H and O–H groups in total. The van der Waals surface area contributed by atoms with Crippen LogP contribution >= 0.6 is 11.6 Å². The van der Waals surface area contributed by atoms with Gasteiger partial charge in [-0.2, -0.15) is 15.0 Å². The Morgan fingerprint density at radius 1 is 1.39 bits per heavy atom. The lowest BCUT2D eigenvalue weighted by atomic mass is 10.4. The Hall–Kier alpha value is -2.28. The molecule has 0 aromatic carbocycles. The number of anilines is 2. The van der Waals surface area contributed by atoms with Crippen LogP contribution in [-0.4, -0.2) is 19.9 Å². The van der Waals surface area contributed by atoms with E-state index in [4.69, 9.17) is 21.8 Å². The van der Waals surface area contributed by atoms with Crippen LogP contribution in [0, 0.1) is 0 Å². The van der Waals surface area contributed by atoms with Crippen LogP contribution in [0.4, 0.5) is 11.8 Å². The van der Waals surface area contributed by atoms with Crippen molar-refractivity contribution in [2.75, 3.05) is 11.1 Å². The Balaban J connectivity index is 1.95. The number of nitrogen functional groups attached to an aromatic ring is 1. The van der Waals surface area contributed by atoms with E-state index in [-0.39, 0.29) is 11.2 Å². The van der Waals surface area contributed by atoms with Crippen molar-refractivity contribution in [3.63, 3.8) is 0 Å². The van der Waals surface area contributed by atoms with Crippen LogP contribution in [0.3, 0.4) is 0 Å². The molecule has 3 rings (SSSR count). The maximum absolute atomic E-state index is 5.81. The van der Waals surface area contributed by atoms with E-state index >= 15 is 0 Å². The van der Waals surface area contributed by atoms with Gasteiger partial charge in [-0.1, -0.05) is 0 Å². The second-order valence-electron chi connectivity index (χ2n) is 3.59. The van der Waals surface area contributed by atoms with E-state index in [0.29, 0.717) is 23.5 Å². The fraction of sp³-hybridized carbons (Fsp3) is 0.100. The molecule has 0 saturated heterocycles. The van der Waals surface area contributed by atoms with Crippen molar-refractivity contribution in [2.24, 2.45) is 0 Å². The molecular weight excluding hydrogens is 256 g/mol. The van der Waals surface area contributed by atoms with Crippen molar-refractivity contribution >= 4 is 34.5 Å². The molecule has 0 aliphatic heterocycles. The first-order valence-electron chi connectivity index (χ1n) is 5.17. The van der Waals surface area contributed by atoms with Crippen LogP contribution in [0.2, 0.25) is 5.28 Å². The van der Waals surface area contributed by atoms with E-state index in [1.807, 2.05) is 12.1 Å². The van der Waals surface area contributed by atoms with Gasteiger partial charge in [0.15, 0.2) is 17.4 Å². The van der Waals surface area contributed by atoms with Crippen molar-refractivity contribution in [3.8, 4) is 0 Å². The van der Waals surface area contributed by atoms with Gasteiger partial charge in [-0.25, -0.2) is 0 Å². The maximum atomic E-state index is 5.81. The summed E-state index contributed by atoms with van der Waals surface area (Å²) in [5, 5.41) is 3.20. The Bertz CT molecular complexity index is 677. The quantitative estimate of drug-likeness (QED) is 0.623. The SMILES string of the molecule is Nc1nc2nc(Cl)nc(NCc3ccco3)c2[nH]1. The highest BCUT2D eigenvalue weighted by atomic mass is 35.5. The summed E-state index contributed by atoms with van der Waals surface area (Å²) in [6, 6.07) is 3.67. The van der Waals surface area contributed by atoms with Crippen molar-refractivity contribution in [1.29, 1.82) is 0 Å². The van der Waals surface area contributed by atoms with E-state index in [1.54, 1.807) is 6.26 Å². The third-order valence-electron chi connectivity index (χ3n) is 2.35. The van der Waals surface area contributed by atoms with Crippen LogP contribution < -0.4 is 11.1 Å². The number of hydrogen-bond acceptors (Lipinski definition) is 6. The molecule has 0 unspecified atom stereocenters. The summed E-state index contributed by atoms with van der Waals surface area (Å²) in [5.41, 5.74) is 6.62. The summed E-state index contributed by atoms with van der Waals surface area (Å²) in [6.45, 7) is 0.481. The second kappa shape index (κ2) is 4.19. The van der Waals surface area contributed by atoms with Gasteiger partial charge in [-0.05, 0) is 23.7 Å². The van der Waals surface area contributed by atoms with Gasteiger partial charge in [0.25, 0.3) is 0 Å². The first kappa shape index (κ1) is 10.8. The Kier molecular flexibility index (Phi) is 2.52. The lowest BCUT2D eigenvalue weighted by Gasteiger charge is -2.04. The molecule has 0 aliphatic carbocycles. The molecule has 18 heavy (non-hydrogen) atoms. The molecule has 3 aromatic rings. The average Bonchev–Trinajstić information content (AvgIpc) is 2.93. The standard InChI is InChI=1S/C10H9ClN6O/c11-9-15-7(13-4-5-2-1-3-18-5)6-8(16-9)17-10(12)14-6/h1-3H,4H2,(H4,12,13,14,15,16,17). The molecule has 0 fully saturated rings. The zero-order chi connectivity index (χ0) is 12.5. The Morgan fingerprint density at radius 3 is 3.06 bits per heavy atom. The van der Waals surface area contributed by atoms with Gasteiger partial charge in [0, 0.05) is 0 Å². The fourth-order valence-corrected chi connectivity index (χ4v) is 1.76. The van der Waals surface area contributed by atoms with Gasteiger partial charge >= 0.3 is 0 Å². The number of aromatic nitrogens is 4. The van der Waals surface area contributed by atoms with Crippen LogP contribution in [0.1, 0.15) is 5.76 Å². The zero-order valence-electron chi connectivity index (χ0n) is 9.14. The highest BCUT2D eigenvalue weighted by molar-refractivity contribution is 6.28. The largest absolute Gasteiger partial charge is 0.467 e. The number of aromatic amines is 1. The number of nitrogens with two attached hydrogens (primary N) is 1. The molecule has 0 spiro atoms. The van der Waals surface area contributed by atoms with Gasteiger partial charge in [0.1, 0.15) is 11.3 Å². The molecule has 0 bridgehead atoms. The lowest BCUT2D eigenvalue weighted by Crippen LogP contribution is -2.02. The third kappa shape index (κ3) is 1.95. The van der Waals surface area contributed by atoms with Crippen molar-refractivity contribution in [3.05, 3.63) is 29.4 Å². The maximum Gasteiger partial charge on any atom is 0.226 e. The predicted molar refractivity (Wildman–Crippen MR) is 67.1 cm³/mol. The van der Waals surface area contributed by atoms with E-state index in [0.717, 1.165) is 5.76 Å². The lowest BCUT2D eigenvalue weighted by molar-refractivity contribution is 0.518. The molecule has 0 aliphatic rings. The van der Waals surface area contributed by atoms with Gasteiger partial charge in [-0.3, -0.25) is 0 Å². The van der Waals surface area contributed by atoms with Gasteiger partial charge in [-0.15, -0.1) is 0 Å². The van der Waals surface area contributed by atoms with Crippen LogP contribution in [0.25, 0.3) is 11.2 Å². The Labute approximate surface area is 106 Å². The number of nitrogens with zero attached hydrogens (tertiary/aromatic N) is 3. The number of furan rings is 1. The normalized spacial score (nSPS) is 10.9. The minimum atomic E-state index is 0.107. The van der Waals surface area contributed by atoms with Crippen molar-refractivity contribution < 1.29 is 4.42 Å². The molecular formula is C10H9ClN6O. The highest BCUT2D eigenvalue weighted by Gasteiger charge is 2.10. The van der Waals surface area contributed by atoms with Crippen molar-refractivity contribution in [2.45, 2.75) is 6.54 Å². The minimum absolute atomic E-state index is 0.107. The number of nitrogens with one attached hydrogen (secondary N) is 2. The number of rotatable bonds is 3. The molecule has 3 aromatic heterocycles. The fourth-order valence-electron chi connectivity index (χ4n) is 1.60. The third-order valence-corrected chi connectivity index (χ3v) is 2.52. The first-order valence-corrected chi connectivity index (χ1v) is 5.55. The molecule has 0 atom stereocenters. The van der Waals surface area contributed by atoms with E-state index in [2.05, 4.69) is 25.3 Å². The summed E-state index contributed by atoms with van der Waals surface area (Å²) >= 11 is 5.81. The number of H-pyrrole nitrogens is 1. The van der Waals surface area contributed by atoms with E-state index in [1.165, 1.54) is 0 Å². The summed E-state index contributed by atoms with van der Waals surface area (Å²) in [5.74, 6) is 1.58. The number of fused-ring (bicyclic) bond motifs is 1. The number of halogens is 1. The number of imidazole rings is 1. The number of hydrogen-bond donors (Lipinski definition) is 3. The smallest absolute Gasteiger partial charge is 0.226 e. The molecule has 0 saturated carbocycles. The molecule has 0 amide bonds. The minimum Gasteiger partial charge on any atom is -0.467 e. The van der Waals surface area contributed by atoms with Crippen LogP contribution in [-0.2, 0) is 6.54 Å². The molecule has 7 nitrogen and oxygen atoms in total. The average molecular weight is 265 g/mol. The van der Waals surface area contributed by atoms with Crippen LogP contribution in [0.5, 0.6) is 0 Å². The van der Waals surface area contributed by atoms with E-state index in [9.17, 15) is 0 Å². The molecule has 3 heterocycles.